The molecular weight excluding hydrogens is 319 g/mol. The number of rotatable bonds is 5. The van der Waals surface area contributed by atoms with Crippen LogP contribution in [0.2, 0.25) is 0 Å². The second-order valence-electron chi connectivity index (χ2n) is 7.00. The van der Waals surface area contributed by atoms with Crippen molar-refractivity contribution in [1.82, 2.24) is 0 Å². The van der Waals surface area contributed by atoms with Gasteiger partial charge in [0.25, 0.3) is 0 Å². The van der Waals surface area contributed by atoms with Gasteiger partial charge >= 0.3 is 152 Å². The van der Waals surface area contributed by atoms with Gasteiger partial charge in [-0.25, -0.2) is 0 Å². The van der Waals surface area contributed by atoms with Crippen LogP contribution >= 0.6 is 7.26 Å². The van der Waals surface area contributed by atoms with Gasteiger partial charge in [-0.15, -0.1) is 0 Å². The van der Waals surface area contributed by atoms with Crippen LogP contribution in [-0.4, -0.2) is 6.16 Å². The first-order valence-electron chi connectivity index (χ1n) is 8.88. The van der Waals surface area contributed by atoms with Crippen LogP contribution in [-0.2, 0) is 0 Å². The zero-order chi connectivity index (χ0) is 17.9. The van der Waals surface area contributed by atoms with E-state index >= 15 is 0 Å². The molecule has 0 amide bonds. The maximum absolute atomic E-state index is 4.11. The van der Waals surface area contributed by atoms with Crippen molar-refractivity contribution in [2.24, 2.45) is 0 Å². The molecule has 3 aromatic rings. The fourth-order valence-corrected chi connectivity index (χ4v) is 7.93. The molecule has 0 aliphatic carbocycles. The van der Waals surface area contributed by atoms with Crippen molar-refractivity contribution in [3.63, 3.8) is 0 Å². The third-order valence-electron chi connectivity index (χ3n) is 5.08. The zero-order valence-electron chi connectivity index (χ0n) is 15.4. The Labute approximate surface area is 152 Å². The van der Waals surface area contributed by atoms with Gasteiger partial charge in [0, 0.05) is 0 Å². The van der Waals surface area contributed by atoms with Crippen LogP contribution in [0.25, 0.3) is 0 Å². The van der Waals surface area contributed by atoms with E-state index in [4.69, 9.17) is 0 Å². The first kappa shape index (κ1) is 17.6. The van der Waals surface area contributed by atoms with Crippen molar-refractivity contribution in [3.8, 4) is 0 Å². The predicted octanol–water partition coefficient (Wildman–Crippen LogP) is 4.82. The van der Waals surface area contributed by atoms with Crippen LogP contribution in [0.5, 0.6) is 0 Å². The molecule has 25 heavy (non-hydrogen) atoms. The van der Waals surface area contributed by atoms with E-state index in [1.54, 1.807) is 0 Å². The summed E-state index contributed by atoms with van der Waals surface area (Å²) < 4.78 is 0. The Hall–Kier alpha value is -2.17. The molecule has 128 valence electrons. The van der Waals surface area contributed by atoms with E-state index < -0.39 is 7.26 Å². The van der Waals surface area contributed by atoms with Gasteiger partial charge in [0.15, 0.2) is 0 Å². The zero-order valence-corrected chi connectivity index (χ0v) is 16.4. The van der Waals surface area contributed by atoms with Crippen LogP contribution in [0.15, 0.2) is 85.5 Å². The Morgan fingerprint density at radius 3 is 1.12 bits per heavy atom. The van der Waals surface area contributed by atoms with Crippen molar-refractivity contribution >= 4 is 23.2 Å². The van der Waals surface area contributed by atoms with E-state index in [2.05, 4.69) is 106 Å². The first-order valence-corrected chi connectivity index (χ1v) is 11.1. The minimum absolute atomic E-state index is 1.00. The van der Waals surface area contributed by atoms with Crippen molar-refractivity contribution in [3.05, 3.63) is 102 Å². The number of aryl methyl sites for hydroxylation is 3. The number of benzene rings is 3. The van der Waals surface area contributed by atoms with E-state index in [1.165, 1.54) is 32.6 Å². The molecule has 0 nitrogen and oxygen atoms in total. The molecule has 0 saturated carbocycles. The fourth-order valence-electron chi connectivity index (χ4n) is 3.58. The molecule has 3 aromatic carbocycles. The van der Waals surface area contributed by atoms with Gasteiger partial charge in [-0.3, -0.25) is 0 Å². The van der Waals surface area contributed by atoms with Crippen LogP contribution in [0, 0.1) is 20.8 Å². The summed E-state index contributed by atoms with van der Waals surface area (Å²) in [5, 5.41) is 4.35. The Morgan fingerprint density at radius 1 is 0.600 bits per heavy atom. The van der Waals surface area contributed by atoms with Gasteiger partial charge in [0.05, 0.1) is 0 Å². The summed E-state index contributed by atoms with van der Waals surface area (Å²) in [7, 11) is -2.11. The summed E-state index contributed by atoms with van der Waals surface area (Å²) in [5.74, 6) is 0. The molecule has 0 bridgehead atoms. The molecule has 0 unspecified atom stereocenters. The standard InChI is InChI=1S/C24H27P/c1-5-18-25(22-12-6-19(2)7-13-22,23-14-8-20(3)9-15-23)24-16-10-21(4)11-17-24/h5-17,25H,1,18H2,2-4H3. The molecule has 0 aliphatic heterocycles. The molecule has 0 N–H and O–H groups in total. The first-order chi connectivity index (χ1) is 12.1. The van der Waals surface area contributed by atoms with Gasteiger partial charge in [-0.1, -0.05) is 0 Å². The fraction of sp³-hybridized carbons (Fsp3) is 0.167. The van der Waals surface area contributed by atoms with Gasteiger partial charge in [-0.2, -0.15) is 0 Å². The summed E-state index contributed by atoms with van der Waals surface area (Å²) >= 11 is 0. The van der Waals surface area contributed by atoms with Gasteiger partial charge in [0.1, 0.15) is 0 Å². The van der Waals surface area contributed by atoms with Crippen LogP contribution in [0.3, 0.4) is 0 Å². The number of hydrogen-bond donors (Lipinski definition) is 0. The Balaban J connectivity index is 2.30. The summed E-state index contributed by atoms with van der Waals surface area (Å²) in [6.07, 6.45) is 3.11. The SMILES string of the molecule is C=CC[PH](c1ccc(C)cc1)(c1ccc(C)cc1)c1ccc(C)cc1. The van der Waals surface area contributed by atoms with Gasteiger partial charge in [-0.05, 0) is 0 Å². The van der Waals surface area contributed by atoms with E-state index in [1.807, 2.05) is 0 Å². The Morgan fingerprint density at radius 2 is 0.880 bits per heavy atom. The van der Waals surface area contributed by atoms with Crippen LogP contribution in [0.1, 0.15) is 16.7 Å². The van der Waals surface area contributed by atoms with E-state index in [-0.39, 0.29) is 0 Å². The summed E-state index contributed by atoms with van der Waals surface area (Å²) in [6, 6.07) is 27.4. The van der Waals surface area contributed by atoms with Crippen molar-refractivity contribution in [2.75, 3.05) is 6.16 Å². The molecule has 0 spiro atoms. The molecular formula is C24H27P. The molecule has 0 radical (unpaired) electrons. The van der Waals surface area contributed by atoms with Crippen molar-refractivity contribution < 1.29 is 0 Å². The second kappa shape index (κ2) is 7.38. The van der Waals surface area contributed by atoms with E-state index in [0.717, 1.165) is 6.16 Å². The molecule has 1 heteroatoms. The van der Waals surface area contributed by atoms with Crippen molar-refractivity contribution in [2.45, 2.75) is 20.8 Å². The minimum atomic E-state index is -2.11. The Bertz CT molecular complexity index is 729. The quantitative estimate of drug-likeness (QED) is 0.459. The average molecular weight is 346 g/mol. The third kappa shape index (κ3) is 3.46. The normalized spacial score (nSPS) is 12.0. The molecule has 0 atom stereocenters. The molecule has 0 fully saturated rings. The molecule has 0 aliphatic rings. The maximum atomic E-state index is 4.11. The topological polar surface area (TPSA) is 0 Å². The number of hydrogen-bond acceptors (Lipinski definition) is 0. The molecule has 0 heterocycles. The van der Waals surface area contributed by atoms with Crippen LogP contribution in [0.4, 0.5) is 0 Å². The van der Waals surface area contributed by atoms with E-state index in [9.17, 15) is 0 Å². The summed E-state index contributed by atoms with van der Waals surface area (Å²) in [6.45, 7) is 10.6. The Kier molecular flexibility index (Phi) is 5.21. The number of allylic oxidation sites excluding steroid dienone is 1. The molecule has 0 aromatic heterocycles. The van der Waals surface area contributed by atoms with Gasteiger partial charge < -0.3 is 0 Å². The van der Waals surface area contributed by atoms with Gasteiger partial charge in [0.2, 0.25) is 0 Å². The summed E-state index contributed by atoms with van der Waals surface area (Å²) in [4.78, 5) is 0. The summed E-state index contributed by atoms with van der Waals surface area (Å²) in [5.41, 5.74) is 3.91. The van der Waals surface area contributed by atoms with Crippen LogP contribution < -0.4 is 15.9 Å². The average Bonchev–Trinajstić information content (AvgIpc) is 2.62. The molecule has 0 saturated heterocycles. The van der Waals surface area contributed by atoms with E-state index in [0.29, 0.717) is 0 Å². The predicted molar refractivity (Wildman–Crippen MR) is 116 cm³/mol. The monoisotopic (exact) mass is 346 g/mol. The third-order valence-corrected chi connectivity index (χ3v) is 9.94. The van der Waals surface area contributed by atoms with Crippen molar-refractivity contribution in [1.29, 1.82) is 0 Å². The molecule has 3 rings (SSSR count). The second-order valence-corrected chi connectivity index (χ2v) is 10.9.